The first-order valence-corrected chi connectivity index (χ1v) is 9.32. The molecule has 0 aliphatic carbocycles. The van der Waals surface area contributed by atoms with Crippen LogP contribution in [0.4, 0.5) is 10.1 Å². The van der Waals surface area contributed by atoms with Crippen molar-refractivity contribution in [2.75, 3.05) is 18.4 Å². The third-order valence-electron chi connectivity index (χ3n) is 3.74. The number of nitrogens with zero attached hydrogens (tertiary/aromatic N) is 1. The second-order valence-electron chi connectivity index (χ2n) is 5.46. The average molecular weight is 383 g/mol. The van der Waals surface area contributed by atoms with E-state index in [9.17, 15) is 12.8 Å². The number of rotatable bonds is 6. The van der Waals surface area contributed by atoms with Crippen LogP contribution in [0.25, 0.3) is 10.9 Å². The molecular weight excluding hydrogens is 367 g/mol. The van der Waals surface area contributed by atoms with Crippen LogP contribution in [0.2, 0.25) is 5.02 Å². The first-order valence-electron chi connectivity index (χ1n) is 7.46. The number of nitrogens with one attached hydrogen (secondary N) is 1. The molecule has 0 amide bonds. The maximum absolute atomic E-state index is 13.9. The lowest BCUT2D eigenvalue weighted by Crippen LogP contribution is -2.14. The molecule has 0 aliphatic rings. The van der Waals surface area contributed by atoms with Gasteiger partial charge in [0, 0.05) is 41.5 Å². The zero-order valence-electron chi connectivity index (χ0n) is 13.4. The fourth-order valence-electron chi connectivity index (χ4n) is 2.55. The number of hydrogen-bond donors (Lipinski definition) is 1. The van der Waals surface area contributed by atoms with Crippen molar-refractivity contribution in [3.05, 3.63) is 59.5 Å². The monoisotopic (exact) mass is 382 g/mol. The van der Waals surface area contributed by atoms with E-state index in [2.05, 4.69) is 4.72 Å². The Morgan fingerprint density at radius 1 is 1.20 bits per heavy atom. The van der Waals surface area contributed by atoms with Gasteiger partial charge in [-0.25, -0.2) is 12.8 Å². The van der Waals surface area contributed by atoms with Gasteiger partial charge in [0.15, 0.2) is 0 Å². The average Bonchev–Trinajstić information content (AvgIpc) is 2.94. The van der Waals surface area contributed by atoms with Crippen LogP contribution in [0.1, 0.15) is 0 Å². The van der Waals surface area contributed by atoms with Gasteiger partial charge in [-0.1, -0.05) is 11.6 Å². The Hall–Kier alpha value is -2.09. The number of benzene rings is 2. The number of sulfonamides is 1. The fraction of sp³-hybridized carbons (Fsp3) is 0.176. The molecule has 2 aromatic carbocycles. The number of hydrogen-bond acceptors (Lipinski definition) is 3. The summed E-state index contributed by atoms with van der Waals surface area (Å²) in [5, 5.41) is 1.00. The molecule has 1 N–H and O–H groups in total. The highest BCUT2D eigenvalue weighted by molar-refractivity contribution is 7.92. The molecule has 25 heavy (non-hydrogen) atoms. The first-order chi connectivity index (χ1) is 11.9. The number of halogens is 2. The number of methoxy groups -OCH3 is 1. The summed E-state index contributed by atoms with van der Waals surface area (Å²) in [5.74, 6) is -0.896. The summed E-state index contributed by atoms with van der Waals surface area (Å²) in [4.78, 5) is -0.449. The molecule has 0 radical (unpaired) electrons. The molecule has 0 aliphatic heterocycles. The largest absolute Gasteiger partial charge is 0.383 e. The van der Waals surface area contributed by atoms with Gasteiger partial charge in [-0.2, -0.15) is 0 Å². The van der Waals surface area contributed by atoms with E-state index in [1.54, 1.807) is 25.3 Å². The second kappa shape index (κ2) is 7.03. The van der Waals surface area contributed by atoms with Crippen LogP contribution in [-0.2, 0) is 21.3 Å². The van der Waals surface area contributed by atoms with Crippen molar-refractivity contribution < 1.29 is 17.5 Å². The van der Waals surface area contributed by atoms with Crippen LogP contribution in [0.3, 0.4) is 0 Å². The number of anilines is 1. The minimum Gasteiger partial charge on any atom is -0.383 e. The van der Waals surface area contributed by atoms with Crippen molar-refractivity contribution in [3.63, 3.8) is 0 Å². The predicted octanol–water partition coefficient (Wildman–Crippen LogP) is 3.88. The lowest BCUT2D eigenvalue weighted by atomic mass is 10.2. The van der Waals surface area contributed by atoms with E-state index in [-0.39, 0.29) is 5.02 Å². The van der Waals surface area contributed by atoms with E-state index in [0.717, 1.165) is 23.0 Å². The third-order valence-corrected chi connectivity index (χ3v) is 5.39. The van der Waals surface area contributed by atoms with Crippen LogP contribution >= 0.6 is 11.6 Å². The topological polar surface area (TPSA) is 60.3 Å². The fourth-order valence-corrected chi connectivity index (χ4v) is 3.82. The summed E-state index contributed by atoms with van der Waals surface area (Å²) in [5.41, 5.74) is 1.31. The molecule has 0 fully saturated rings. The summed E-state index contributed by atoms with van der Waals surface area (Å²) < 4.78 is 48.2. The highest BCUT2D eigenvalue weighted by Gasteiger charge is 2.19. The molecule has 8 heteroatoms. The Morgan fingerprint density at radius 3 is 2.72 bits per heavy atom. The van der Waals surface area contributed by atoms with Gasteiger partial charge in [-0.15, -0.1) is 0 Å². The molecule has 5 nitrogen and oxygen atoms in total. The Labute approximate surface area is 150 Å². The zero-order chi connectivity index (χ0) is 18.0. The van der Waals surface area contributed by atoms with E-state index in [4.69, 9.17) is 16.3 Å². The Morgan fingerprint density at radius 2 is 2.00 bits per heavy atom. The molecule has 3 aromatic rings. The van der Waals surface area contributed by atoms with Crippen molar-refractivity contribution in [2.45, 2.75) is 11.4 Å². The molecule has 0 unspecified atom stereocenters. The normalized spacial score (nSPS) is 11.8. The van der Waals surface area contributed by atoms with Crippen LogP contribution < -0.4 is 4.72 Å². The van der Waals surface area contributed by atoms with Crippen LogP contribution in [-0.4, -0.2) is 26.7 Å². The quantitative estimate of drug-likeness (QED) is 0.703. The molecule has 0 saturated carbocycles. The van der Waals surface area contributed by atoms with E-state index in [0.29, 0.717) is 18.8 Å². The molecular formula is C17H16ClFN2O3S. The smallest absolute Gasteiger partial charge is 0.264 e. The summed E-state index contributed by atoms with van der Waals surface area (Å²) >= 11 is 5.66. The Balaban J connectivity index is 1.89. The van der Waals surface area contributed by atoms with E-state index in [1.165, 1.54) is 6.07 Å². The van der Waals surface area contributed by atoms with Crippen molar-refractivity contribution in [3.8, 4) is 0 Å². The lowest BCUT2D eigenvalue weighted by molar-refractivity contribution is 0.188. The van der Waals surface area contributed by atoms with Gasteiger partial charge < -0.3 is 9.30 Å². The number of aromatic nitrogens is 1. The molecule has 3 rings (SSSR count). The van der Waals surface area contributed by atoms with Gasteiger partial charge in [0.05, 0.1) is 6.61 Å². The van der Waals surface area contributed by atoms with Gasteiger partial charge in [0.25, 0.3) is 10.0 Å². The summed E-state index contributed by atoms with van der Waals surface area (Å²) in [6, 6.07) is 10.5. The van der Waals surface area contributed by atoms with E-state index >= 15 is 0 Å². The predicted molar refractivity (Wildman–Crippen MR) is 96.0 cm³/mol. The molecule has 1 heterocycles. The van der Waals surface area contributed by atoms with Gasteiger partial charge in [-0.05, 0) is 42.5 Å². The van der Waals surface area contributed by atoms with Crippen molar-refractivity contribution in [1.82, 2.24) is 4.57 Å². The summed E-state index contributed by atoms with van der Waals surface area (Å²) in [7, 11) is -2.41. The van der Waals surface area contributed by atoms with Crippen LogP contribution in [0, 0.1) is 5.82 Å². The van der Waals surface area contributed by atoms with Crippen molar-refractivity contribution in [1.29, 1.82) is 0 Å². The van der Waals surface area contributed by atoms with Crippen molar-refractivity contribution in [2.24, 2.45) is 0 Å². The maximum atomic E-state index is 13.9. The molecule has 0 atom stereocenters. The second-order valence-corrected chi connectivity index (χ2v) is 7.54. The third kappa shape index (κ3) is 3.78. The SMILES string of the molecule is COCCn1ccc2cc(NS(=O)(=O)c3ccc(Cl)cc3F)ccc21. The maximum Gasteiger partial charge on any atom is 0.264 e. The van der Waals surface area contributed by atoms with E-state index in [1.807, 2.05) is 16.8 Å². The lowest BCUT2D eigenvalue weighted by Gasteiger charge is -2.10. The van der Waals surface area contributed by atoms with Gasteiger partial charge in [0.1, 0.15) is 10.7 Å². The molecule has 0 bridgehead atoms. The highest BCUT2D eigenvalue weighted by Crippen LogP contribution is 2.25. The van der Waals surface area contributed by atoms with Gasteiger partial charge >= 0.3 is 0 Å². The number of fused-ring (bicyclic) bond motifs is 1. The molecule has 132 valence electrons. The minimum absolute atomic E-state index is 0.135. The van der Waals surface area contributed by atoms with Crippen molar-refractivity contribution >= 4 is 38.2 Å². The van der Waals surface area contributed by atoms with Gasteiger partial charge in [0.2, 0.25) is 0 Å². The minimum atomic E-state index is -4.05. The van der Waals surface area contributed by atoms with E-state index < -0.39 is 20.7 Å². The molecule has 1 aromatic heterocycles. The summed E-state index contributed by atoms with van der Waals surface area (Å²) in [6.45, 7) is 1.27. The molecule has 0 spiro atoms. The molecule has 0 saturated heterocycles. The Kier molecular flexibility index (Phi) is 4.99. The number of ether oxygens (including phenoxy) is 1. The van der Waals surface area contributed by atoms with Crippen LogP contribution in [0.5, 0.6) is 0 Å². The highest BCUT2D eigenvalue weighted by atomic mass is 35.5. The zero-order valence-corrected chi connectivity index (χ0v) is 14.9. The first kappa shape index (κ1) is 17.7. The summed E-state index contributed by atoms with van der Waals surface area (Å²) in [6.07, 6.45) is 1.90. The van der Waals surface area contributed by atoms with Gasteiger partial charge in [-0.3, -0.25) is 4.72 Å². The Bertz CT molecular complexity index is 1020. The van der Waals surface area contributed by atoms with Crippen LogP contribution in [0.15, 0.2) is 53.6 Å². The standard InChI is InChI=1S/C17H16ClFN2O3S/c1-24-9-8-21-7-6-12-10-14(3-4-16(12)21)20-25(22,23)17-5-2-13(18)11-15(17)19/h2-7,10-11,20H,8-9H2,1H3.